The number of benzene rings is 2. The maximum absolute atomic E-state index is 12.0. The SMILES string of the molecule is [CH2]Cc1ccc(NC(=O)c2cccc(Br)c2)cc1. The van der Waals surface area contributed by atoms with Gasteiger partial charge in [-0.05, 0) is 49.2 Å². The van der Waals surface area contributed by atoms with Crippen LogP contribution in [0, 0.1) is 6.92 Å². The van der Waals surface area contributed by atoms with Gasteiger partial charge in [-0.1, -0.05) is 34.1 Å². The van der Waals surface area contributed by atoms with Gasteiger partial charge in [0, 0.05) is 15.7 Å². The van der Waals surface area contributed by atoms with E-state index in [9.17, 15) is 4.79 Å². The molecule has 3 heteroatoms. The van der Waals surface area contributed by atoms with Crippen LogP contribution in [0.25, 0.3) is 0 Å². The van der Waals surface area contributed by atoms with Gasteiger partial charge >= 0.3 is 0 Å². The molecule has 1 N–H and O–H groups in total. The molecule has 2 rings (SSSR count). The predicted octanol–water partition coefficient (Wildman–Crippen LogP) is 4.08. The Bertz CT molecular complexity index is 549. The van der Waals surface area contributed by atoms with Crippen LogP contribution in [0.15, 0.2) is 53.0 Å². The van der Waals surface area contributed by atoms with Crippen molar-refractivity contribution in [2.75, 3.05) is 5.32 Å². The van der Waals surface area contributed by atoms with Crippen molar-refractivity contribution in [1.29, 1.82) is 0 Å². The van der Waals surface area contributed by atoms with Gasteiger partial charge in [0.25, 0.3) is 5.91 Å². The number of carbonyl (C=O) groups is 1. The van der Waals surface area contributed by atoms with Crippen molar-refractivity contribution in [3.05, 3.63) is 71.1 Å². The standard InChI is InChI=1S/C15H13BrNO/c1-2-11-6-8-14(9-7-11)17-15(18)12-4-3-5-13(16)10-12/h3-10H,1-2H2,(H,17,18). The fourth-order valence-electron chi connectivity index (χ4n) is 1.59. The normalized spacial score (nSPS) is 10.1. The molecule has 2 aromatic rings. The lowest BCUT2D eigenvalue weighted by Gasteiger charge is -2.06. The van der Waals surface area contributed by atoms with E-state index < -0.39 is 0 Å². The number of hydrogen-bond acceptors (Lipinski definition) is 1. The quantitative estimate of drug-likeness (QED) is 0.909. The van der Waals surface area contributed by atoms with Crippen molar-refractivity contribution in [2.24, 2.45) is 0 Å². The van der Waals surface area contributed by atoms with Gasteiger partial charge in [0.1, 0.15) is 0 Å². The lowest BCUT2D eigenvalue weighted by atomic mass is 10.1. The summed E-state index contributed by atoms with van der Waals surface area (Å²) >= 11 is 3.35. The number of nitrogens with one attached hydrogen (secondary N) is 1. The zero-order chi connectivity index (χ0) is 13.0. The third kappa shape index (κ3) is 3.20. The van der Waals surface area contributed by atoms with Crippen LogP contribution in [0.2, 0.25) is 0 Å². The highest BCUT2D eigenvalue weighted by Crippen LogP contribution is 2.15. The molecule has 0 fully saturated rings. The maximum Gasteiger partial charge on any atom is 0.255 e. The van der Waals surface area contributed by atoms with Crippen molar-refractivity contribution >= 4 is 27.5 Å². The molecule has 0 aliphatic heterocycles. The molecule has 1 amide bonds. The first kappa shape index (κ1) is 12.8. The molecule has 0 bridgehead atoms. The third-order valence-electron chi connectivity index (χ3n) is 2.59. The highest BCUT2D eigenvalue weighted by Gasteiger charge is 2.05. The van der Waals surface area contributed by atoms with Crippen LogP contribution in [0.3, 0.4) is 0 Å². The van der Waals surface area contributed by atoms with E-state index in [1.54, 1.807) is 12.1 Å². The minimum Gasteiger partial charge on any atom is -0.322 e. The van der Waals surface area contributed by atoms with Gasteiger partial charge in [-0.15, -0.1) is 0 Å². The zero-order valence-corrected chi connectivity index (χ0v) is 11.4. The molecule has 0 aromatic heterocycles. The van der Waals surface area contributed by atoms with Gasteiger partial charge in [-0.25, -0.2) is 0 Å². The topological polar surface area (TPSA) is 29.1 Å². The van der Waals surface area contributed by atoms with E-state index in [-0.39, 0.29) is 5.91 Å². The molecule has 1 radical (unpaired) electrons. The van der Waals surface area contributed by atoms with Crippen LogP contribution in [0.4, 0.5) is 5.69 Å². The zero-order valence-electron chi connectivity index (χ0n) is 9.82. The molecular weight excluding hydrogens is 290 g/mol. The number of carbonyl (C=O) groups excluding carboxylic acids is 1. The molecule has 2 nitrogen and oxygen atoms in total. The summed E-state index contributed by atoms with van der Waals surface area (Å²) in [5, 5.41) is 2.86. The maximum atomic E-state index is 12.0. The van der Waals surface area contributed by atoms with Crippen molar-refractivity contribution in [3.8, 4) is 0 Å². The average molecular weight is 303 g/mol. The molecule has 0 spiro atoms. The van der Waals surface area contributed by atoms with Gasteiger partial charge < -0.3 is 5.32 Å². The predicted molar refractivity (Wildman–Crippen MR) is 77.6 cm³/mol. The molecule has 0 aliphatic rings. The van der Waals surface area contributed by atoms with Crippen LogP contribution in [0.1, 0.15) is 15.9 Å². The van der Waals surface area contributed by atoms with Crippen LogP contribution in [-0.2, 0) is 6.42 Å². The molecule has 0 saturated carbocycles. The lowest BCUT2D eigenvalue weighted by Crippen LogP contribution is -2.11. The Balaban J connectivity index is 2.11. The van der Waals surface area contributed by atoms with E-state index >= 15 is 0 Å². The molecule has 0 heterocycles. The second kappa shape index (κ2) is 5.83. The summed E-state index contributed by atoms with van der Waals surface area (Å²) in [7, 11) is 0. The van der Waals surface area contributed by atoms with E-state index in [0.29, 0.717) is 5.56 Å². The summed E-state index contributed by atoms with van der Waals surface area (Å²) in [6.45, 7) is 3.81. The van der Waals surface area contributed by atoms with Gasteiger partial charge in [-0.2, -0.15) is 0 Å². The van der Waals surface area contributed by atoms with Crippen LogP contribution in [-0.4, -0.2) is 5.91 Å². The van der Waals surface area contributed by atoms with Crippen molar-refractivity contribution in [2.45, 2.75) is 6.42 Å². The first-order valence-electron chi connectivity index (χ1n) is 5.64. The Labute approximate surface area is 115 Å². The third-order valence-corrected chi connectivity index (χ3v) is 3.08. The van der Waals surface area contributed by atoms with Crippen molar-refractivity contribution in [1.82, 2.24) is 0 Å². The number of halogens is 1. The fraction of sp³-hybridized carbons (Fsp3) is 0.0667. The summed E-state index contributed by atoms with van der Waals surface area (Å²) in [4.78, 5) is 12.0. The number of anilines is 1. The van der Waals surface area contributed by atoms with Crippen LogP contribution in [0.5, 0.6) is 0 Å². The molecule has 18 heavy (non-hydrogen) atoms. The Morgan fingerprint density at radius 3 is 2.50 bits per heavy atom. The molecule has 0 saturated heterocycles. The lowest BCUT2D eigenvalue weighted by molar-refractivity contribution is 0.102. The first-order chi connectivity index (χ1) is 8.69. The average Bonchev–Trinajstić information content (AvgIpc) is 2.39. The summed E-state index contributed by atoms with van der Waals surface area (Å²) in [5.41, 5.74) is 2.57. The summed E-state index contributed by atoms with van der Waals surface area (Å²) in [6, 6.07) is 15.0. The molecule has 0 atom stereocenters. The summed E-state index contributed by atoms with van der Waals surface area (Å²) < 4.78 is 0.891. The van der Waals surface area contributed by atoms with Gasteiger partial charge in [0.2, 0.25) is 0 Å². The smallest absolute Gasteiger partial charge is 0.255 e. The number of hydrogen-bond donors (Lipinski definition) is 1. The van der Waals surface area contributed by atoms with Gasteiger partial charge in [-0.3, -0.25) is 4.79 Å². The van der Waals surface area contributed by atoms with Crippen molar-refractivity contribution in [3.63, 3.8) is 0 Å². The van der Waals surface area contributed by atoms with E-state index in [0.717, 1.165) is 22.1 Å². The summed E-state index contributed by atoms with van der Waals surface area (Å²) in [5.74, 6) is -0.112. The number of amides is 1. The Morgan fingerprint density at radius 1 is 1.17 bits per heavy atom. The number of rotatable bonds is 3. The van der Waals surface area contributed by atoms with Gasteiger partial charge in [0.15, 0.2) is 0 Å². The van der Waals surface area contributed by atoms with E-state index in [4.69, 9.17) is 0 Å². The fourth-order valence-corrected chi connectivity index (χ4v) is 1.99. The second-order valence-electron chi connectivity index (χ2n) is 3.91. The highest BCUT2D eigenvalue weighted by molar-refractivity contribution is 9.10. The highest BCUT2D eigenvalue weighted by atomic mass is 79.9. The van der Waals surface area contributed by atoms with Gasteiger partial charge in [0.05, 0.1) is 0 Å². The molecule has 0 aliphatic carbocycles. The van der Waals surface area contributed by atoms with E-state index in [2.05, 4.69) is 28.2 Å². The largest absolute Gasteiger partial charge is 0.322 e. The van der Waals surface area contributed by atoms with Crippen molar-refractivity contribution < 1.29 is 4.79 Å². The van der Waals surface area contributed by atoms with Crippen LogP contribution < -0.4 is 5.32 Å². The Morgan fingerprint density at radius 2 is 1.89 bits per heavy atom. The van der Waals surface area contributed by atoms with E-state index in [1.165, 1.54) is 0 Å². The Hall–Kier alpha value is -1.61. The summed E-state index contributed by atoms with van der Waals surface area (Å²) in [6.07, 6.45) is 0.750. The molecule has 2 aromatic carbocycles. The molecule has 91 valence electrons. The van der Waals surface area contributed by atoms with Crippen LogP contribution >= 0.6 is 15.9 Å². The van der Waals surface area contributed by atoms with E-state index in [1.807, 2.05) is 36.4 Å². The molecule has 0 unspecified atom stereocenters. The Kier molecular flexibility index (Phi) is 4.15. The first-order valence-corrected chi connectivity index (χ1v) is 6.43. The minimum absolute atomic E-state index is 0.112. The second-order valence-corrected chi connectivity index (χ2v) is 4.83. The monoisotopic (exact) mass is 302 g/mol. The minimum atomic E-state index is -0.112. The molecular formula is C15H13BrNO.